The van der Waals surface area contributed by atoms with Gasteiger partial charge in [0.2, 0.25) is 0 Å². The average molecular weight is 264 g/mol. The maximum atomic E-state index is 10.4. The number of benzene rings is 1. The molecule has 2 N–H and O–H groups in total. The Labute approximate surface area is 115 Å². The topological polar surface area (TPSA) is 44.7 Å². The summed E-state index contributed by atoms with van der Waals surface area (Å²) in [6.07, 6.45) is 1.57. The van der Waals surface area contributed by atoms with Crippen molar-refractivity contribution in [2.45, 2.75) is 25.4 Å². The predicted octanol–water partition coefficient (Wildman–Crippen LogP) is 1.55. The van der Waals surface area contributed by atoms with Gasteiger partial charge in [-0.15, -0.1) is 0 Å². The third-order valence-corrected chi connectivity index (χ3v) is 3.88. The maximum absolute atomic E-state index is 10.4. The lowest BCUT2D eigenvalue weighted by Gasteiger charge is -2.39. The van der Waals surface area contributed by atoms with Gasteiger partial charge < -0.3 is 20.1 Å². The van der Waals surface area contributed by atoms with Gasteiger partial charge in [0.05, 0.1) is 18.4 Å². The highest BCUT2D eigenvalue weighted by Gasteiger charge is 2.32. The molecule has 0 saturated carbocycles. The Morgan fingerprint density at radius 1 is 1.37 bits per heavy atom. The summed E-state index contributed by atoms with van der Waals surface area (Å²) in [5, 5.41) is 13.5. The number of piperidine rings is 1. The molecule has 0 unspecified atom stereocenters. The minimum Gasteiger partial charge on any atom is -0.495 e. The van der Waals surface area contributed by atoms with E-state index in [0.717, 1.165) is 37.4 Å². The maximum Gasteiger partial charge on any atom is 0.142 e. The van der Waals surface area contributed by atoms with Crippen molar-refractivity contribution in [2.75, 3.05) is 38.7 Å². The van der Waals surface area contributed by atoms with E-state index < -0.39 is 5.60 Å². The lowest BCUT2D eigenvalue weighted by atomic mass is 9.91. The highest BCUT2D eigenvalue weighted by atomic mass is 16.5. The number of nitrogens with zero attached hydrogens (tertiary/aromatic N) is 1. The zero-order chi connectivity index (χ0) is 13.9. The molecule has 0 amide bonds. The average Bonchev–Trinajstić information content (AvgIpc) is 2.39. The third kappa shape index (κ3) is 3.19. The number of rotatable bonds is 4. The Morgan fingerprint density at radius 3 is 2.63 bits per heavy atom. The molecule has 0 aromatic heterocycles. The summed E-state index contributed by atoms with van der Waals surface area (Å²) < 4.78 is 5.44. The van der Waals surface area contributed by atoms with Crippen molar-refractivity contribution >= 4 is 5.69 Å². The quantitative estimate of drug-likeness (QED) is 0.866. The predicted molar refractivity (Wildman–Crippen MR) is 78.1 cm³/mol. The van der Waals surface area contributed by atoms with Crippen LogP contribution >= 0.6 is 0 Å². The number of nitrogens with one attached hydrogen (secondary N) is 1. The van der Waals surface area contributed by atoms with E-state index in [4.69, 9.17) is 4.74 Å². The molecule has 1 aromatic carbocycles. The van der Waals surface area contributed by atoms with Gasteiger partial charge in [0.15, 0.2) is 0 Å². The van der Waals surface area contributed by atoms with E-state index in [1.807, 2.05) is 13.1 Å². The van der Waals surface area contributed by atoms with Crippen molar-refractivity contribution in [1.82, 2.24) is 5.32 Å². The van der Waals surface area contributed by atoms with Crippen LogP contribution < -0.4 is 15.0 Å². The van der Waals surface area contributed by atoms with E-state index >= 15 is 0 Å². The standard InChI is InChI=1S/C15H24N2O2/c1-12-4-5-14(19-3)13(10-12)17-8-6-15(18,7-9-17)11-16-2/h4-5,10,16,18H,6-9,11H2,1-3H3. The number of aryl methyl sites for hydroxylation is 1. The van der Waals surface area contributed by atoms with Gasteiger partial charge in [0, 0.05) is 19.6 Å². The van der Waals surface area contributed by atoms with E-state index in [-0.39, 0.29) is 0 Å². The van der Waals surface area contributed by atoms with E-state index in [0.29, 0.717) is 6.54 Å². The van der Waals surface area contributed by atoms with Gasteiger partial charge in [0.1, 0.15) is 5.75 Å². The van der Waals surface area contributed by atoms with Crippen molar-refractivity contribution in [3.63, 3.8) is 0 Å². The lowest BCUT2D eigenvalue weighted by Crippen LogP contribution is -2.49. The fraction of sp³-hybridized carbons (Fsp3) is 0.600. The van der Waals surface area contributed by atoms with Crippen LogP contribution in [-0.2, 0) is 0 Å². The molecule has 0 radical (unpaired) electrons. The SMILES string of the molecule is CNCC1(O)CCN(c2cc(C)ccc2OC)CC1. The highest BCUT2D eigenvalue weighted by molar-refractivity contribution is 5.60. The normalized spacial score (nSPS) is 18.4. The fourth-order valence-electron chi connectivity index (χ4n) is 2.72. The summed E-state index contributed by atoms with van der Waals surface area (Å²) in [6, 6.07) is 6.23. The molecular formula is C15H24N2O2. The monoisotopic (exact) mass is 264 g/mol. The summed E-state index contributed by atoms with van der Waals surface area (Å²) in [6.45, 7) is 4.46. The summed E-state index contributed by atoms with van der Waals surface area (Å²) >= 11 is 0. The van der Waals surface area contributed by atoms with E-state index in [2.05, 4.69) is 29.3 Å². The fourth-order valence-corrected chi connectivity index (χ4v) is 2.72. The summed E-state index contributed by atoms with van der Waals surface area (Å²) in [4.78, 5) is 2.30. The Bertz CT molecular complexity index is 426. The molecule has 19 heavy (non-hydrogen) atoms. The van der Waals surface area contributed by atoms with Crippen molar-refractivity contribution in [1.29, 1.82) is 0 Å². The van der Waals surface area contributed by atoms with Gasteiger partial charge in [-0.3, -0.25) is 0 Å². The number of anilines is 1. The van der Waals surface area contributed by atoms with Crippen LogP contribution in [0.15, 0.2) is 18.2 Å². The van der Waals surface area contributed by atoms with Crippen molar-refractivity contribution in [3.8, 4) is 5.75 Å². The molecule has 1 aromatic rings. The van der Waals surface area contributed by atoms with Gasteiger partial charge in [-0.05, 0) is 44.5 Å². The molecule has 0 bridgehead atoms. The molecule has 0 spiro atoms. The van der Waals surface area contributed by atoms with Gasteiger partial charge in [-0.1, -0.05) is 6.07 Å². The smallest absolute Gasteiger partial charge is 0.142 e. The van der Waals surface area contributed by atoms with E-state index in [1.165, 1.54) is 5.56 Å². The lowest BCUT2D eigenvalue weighted by molar-refractivity contribution is 0.0184. The molecule has 2 rings (SSSR count). The van der Waals surface area contributed by atoms with Crippen molar-refractivity contribution < 1.29 is 9.84 Å². The first-order valence-electron chi connectivity index (χ1n) is 6.84. The largest absolute Gasteiger partial charge is 0.495 e. The first-order chi connectivity index (χ1) is 9.08. The molecule has 1 aliphatic heterocycles. The second-order valence-electron chi connectivity index (χ2n) is 5.42. The van der Waals surface area contributed by atoms with Crippen LogP contribution in [0.25, 0.3) is 0 Å². The van der Waals surface area contributed by atoms with Gasteiger partial charge in [-0.25, -0.2) is 0 Å². The number of hydrogen-bond donors (Lipinski definition) is 2. The van der Waals surface area contributed by atoms with Crippen LogP contribution in [0, 0.1) is 6.92 Å². The molecule has 4 heteroatoms. The molecule has 0 atom stereocenters. The first-order valence-corrected chi connectivity index (χ1v) is 6.84. The Hall–Kier alpha value is -1.26. The van der Waals surface area contributed by atoms with Gasteiger partial charge in [0.25, 0.3) is 0 Å². The second kappa shape index (κ2) is 5.80. The van der Waals surface area contributed by atoms with E-state index in [1.54, 1.807) is 7.11 Å². The molecule has 1 fully saturated rings. The zero-order valence-corrected chi connectivity index (χ0v) is 12.1. The molecule has 0 aliphatic carbocycles. The molecule has 1 heterocycles. The van der Waals surface area contributed by atoms with Crippen LogP contribution in [0.5, 0.6) is 5.75 Å². The van der Waals surface area contributed by atoms with Crippen LogP contribution in [0.1, 0.15) is 18.4 Å². The molecular weight excluding hydrogens is 240 g/mol. The van der Waals surface area contributed by atoms with Gasteiger partial charge >= 0.3 is 0 Å². The number of ether oxygens (including phenoxy) is 1. The Morgan fingerprint density at radius 2 is 2.05 bits per heavy atom. The summed E-state index contributed by atoms with van der Waals surface area (Å²) in [5.74, 6) is 0.907. The first kappa shape index (κ1) is 14.2. The zero-order valence-electron chi connectivity index (χ0n) is 12.1. The van der Waals surface area contributed by atoms with Crippen LogP contribution in [-0.4, -0.2) is 44.5 Å². The Balaban J connectivity index is 2.11. The number of aliphatic hydroxyl groups is 1. The molecule has 4 nitrogen and oxygen atoms in total. The second-order valence-corrected chi connectivity index (χ2v) is 5.42. The van der Waals surface area contributed by atoms with Gasteiger partial charge in [-0.2, -0.15) is 0 Å². The van der Waals surface area contributed by atoms with Crippen molar-refractivity contribution in [2.24, 2.45) is 0 Å². The third-order valence-electron chi connectivity index (χ3n) is 3.88. The minimum atomic E-state index is -0.567. The molecule has 1 saturated heterocycles. The van der Waals surface area contributed by atoms with Crippen LogP contribution in [0.4, 0.5) is 5.69 Å². The van der Waals surface area contributed by atoms with Crippen molar-refractivity contribution in [3.05, 3.63) is 23.8 Å². The van der Waals surface area contributed by atoms with Crippen LogP contribution in [0.2, 0.25) is 0 Å². The Kier molecular flexibility index (Phi) is 4.32. The highest BCUT2D eigenvalue weighted by Crippen LogP contribution is 2.33. The minimum absolute atomic E-state index is 0.567. The molecule has 106 valence electrons. The number of likely N-dealkylation sites (N-methyl/N-ethyl adjacent to an activating group) is 1. The van der Waals surface area contributed by atoms with E-state index in [9.17, 15) is 5.11 Å². The summed E-state index contributed by atoms with van der Waals surface area (Å²) in [5.41, 5.74) is 1.79. The molecule has 1 aliphatic rings. The number of hydrogen-bond acceptors (Lipinski definition) is 4. The van der Waals surface area contributed by atoms with Crippen LogP contribution in [0.3, 0.4) is 0 Å². The number of methoxy groups -OCH3 is 1. The summed E-state index contributed by atoms with van der Waals surface area (Å²) in [7, 11) is 3.59.